The molecule has 2 heterocycles. The maximum absolute atomic E-state index is 5.65. The van der Waals surface area contributed by atoms with Crippen LogP contribution in [0.5, 0.6) is 0 Å². The lowest BCUT2D eigenvalue weighted by atomic mass is 9.81. The van der Waals surface area contributed by atoms with Crippen molar-refractivity contribution in [2.75, 3.05) is 31.6 Å². The van der Waals surface area contributed by atoms with E-state index in [2.05, 4.69) is 20.6 Å². The largest absolute Gasteiger partial charge is 0.376 e. The first-order chi connectivity index (χ1) is 9.42. The number of morpholine rings is 1. The second-order valence-electron chi connectivity index (χ2n) is 5.38. The Kier molecular flexibility index (Phi) is 4.25. The zero-order valence-electron chi connectivity index (χ0n) is 11.3. The third kappa shape index (κ3) is 3.42. The highest BCUT2D eigenvalue weighted by molar-refractivity contribution is 5.26. The lowest BCUT2D eigenvalue weighted by Crippen LogP contribution is -2.39. The van der Waals surface area contributed by atoms with Gasteiger partial charge in [0.05, 0.1) is 12.7 Å². The van der Waals surface area contributed by atoms with Gasteiger partial charge in [0.1, 0.15) is 0 Å². The molecule has 2 aliphatic rings. The first kappa shape index (κ1) is 12.8. The molecule has 0 spiro atoms. The summed E-state index contributed by atoms with van der Waals surface area (Å²) < 4.78 is 5.65. The Labute approximate surface area is 114 Å². The van der Waals surface area contributed by atoms with Crippen LogP contribution >= 0.6 is 0 Å². The molecule has 3 rings (SSSR count). The molecule has 5 heteroatoms. The van der Waals surface area contributed by atoms with E-state index in [1.54, 1.807) is 0 Å². The van der Waals surface area contributed by atoms with Gasteiger partial charge in [-0.3, -0.25) is 0 Å². The molecule has 1 aromatic rings. The van der Waals surface area contributed by atoms with Gasteiger partial charge >= 0.3 is 0 Å². The SMILES string of the molecule is c1nc(NCCC2CNCCO2)ncc1C1CCC1. The van der Waals surface area contributed by atoms with Crippen LogP contribution in [0.2, 0.25) is 0 Å². The summed E-state index contributed by atoms with van der Waals surface area (Å²) >= 11 is 0. The number of aromatic nitrogens is 2. The molecule has 5 nitrogen and oxygen atoms in total. The van der Waals surface area contributed by atoms with Gasteiger partial charge in [-0.05, 0) is 30.7 Å². The fourth-order valence-electron chi connectivity index (χ4n) is 2.53. The summed E-state index contributed by atoms with van der Waals surface area (Å²) in [5, 5.41) is 6.60. The van der Waals surface area contributed by atoms with Gasteiger partial charge in [-0.1, -0.05) is 6.42 Å². The molecule has 0 radical (unpaired) electrons. The fourth-order valence-corrected chi connectivity index (χ4v) is 2.53. The van der Waals surface area contributed by atoms with Crippen LogP contribution in [0.1, 0.15) is 37.2 Å². The molecular weight excluding hydrogens is 240 g/mol. The van der Waals surface area contributed by atoms with Crippen LogP contribution < -0.4 is 10.6 Å². The molecule has 2 fully saturated rings. The molecule has 104 valence electrons. The summed E-state index contributed by atoms with van der Waals surface area (Å²) in [4.78, 5) is 8.77. The molecule has 0 aromatic carbocycles. The van der Waals surface area contributed by atoms with Crippen LogP contribution in [0.3, 0.4) is 0 Å². The van der Waals surface area contributed by atoms with Crippen LogP contribution in [0.25, 0.3) is 0 Å². The lowest BCUT2D eigenvalue weighted by molar-refractivity contribution is 0.0258. The summed E-state index contributed by atoms with van der Waals surface area (Å²) in [6.45, 7) is 3.59. The zero-order valence-corrected chi connectivity index (χ0v) is 11.3. The molecule has 0 bridgehead atoms. The summed E-state index contributed by atoms with van der Waals surface area (Å²) in [6.07, 6.45) is 9.18. The van der Waals surface area contributed by atoms with Gasteiger partial charge in [0.2, 0.25) is 5.95 Å². The van der Waals surface area contributed by atoms with Crippen molar-refractivity contribution < 1.29 is 4.74 Å². The molecule has 1 aliphatic carbocycles. The number of anilines is 1. The average Bonchev–Trinajstić information content (AvgIpc) is 2.40. The Hall–Kier alpha value is -1.20. The van der Waals surface area contributed by atoms with E-state index >= 15 is 0 Å². The molecule has 2 N–H and O–H groups in total. The van der Waals surface area contributed by atoms with E-state index in [9.17, 15) is 0 Å². The predicted octanol–water partition coefficient (Wildman–Crippen LogP) is 1.53. The molecule has 1 aliphatic heterocycles. The van der Waals surface area contributed by atoms with Crippen LogP contribution in [-0.4, -0.2) is 42.3 Å². The molecule has 1 saturated carbocycles. The summed E-state index contributed by atoms with van der Waals surface area (Å²) in [7, 11) is 0. The van der Waals surface area contributed by atoms with Crippen molar-refractivity contribution in [2.24, 2.45) is 0 Å². The molecule has 19 heavy (non-hydrogen) atoms. The number of nitrogens with zero attached hydrogens (tertiary/aromatic N) is 2. The van der Waals surface area contributed by atoms with Crippen LogP contribution in [0.4, 0.5) is 5.95 Å². The van der Waals surface area contributed by atoms with Crippen LogP contribution in [-0.2, 0) is 4.74 Å². The summed E-state index contributed by atoms with van der Waals surface area (Å²) in [5.74, 6) is 1.43. The van der Waals surface area contributed by atoms with Crippen molar-refractivity contribution in [1.29, 1.82) is 0 Å². The van der Waals surface area contributed by atoms with Crippen LogP contribution in [0, 0.1) is 0 Å². The Morgan fingerprint density at radius 1 is 1.32 bits per heavy atom. The quantitative estimate of drug-likeness (QED) is 0.843. The minimum absolute atomic E-state index is 0.315. The third-order valence-electron chi connectivity index (χ3n) is 4.00. The second kappa shape index (κ2) is 6.30. The van der Waals surface area contributed by atoms with Gasteiger partial charge in [-0.2, -0.15) is 0 Å². The van der Waals surface area contributed by atoms with Crippen LogP contribution in [0.15, 0.2) is 12.4 Å². The Morgan fingerprint density at radius 3 is 2.79 bits per heavy atom. The fraction of sp³-hybridized carbons (Fsp3) is 0.714. The van der Waals surface area contributed by atoms with Crippen molar-refractivity contribution in [1.82, 2.24) is 15.3 Å². The smallest absolute Gasteiger partial charge is 0.222 e. The van der Waals surface area contributed by atoms with Crippen molar-refractivity contribution in [3.63, 3.8) is 0 Å². The first-order valence-corrected chi connectivity index (χ1v) is 7.30. The maximum atomic E-state index is 5.65. The Balaban J connectivity index is 1.41. The number of hydrogen-bond acceptors (Lipinski definition) is 5. The maximum Gasteiger partial charge on any atom is 0.222 e. The van der Waals surface area contributed by atoms with E-state index in [4.69, 9.17) is 4.74 Å². The van der Waals surface area contributed by atoms with Gasteiger partial charge in [-0.15, -0.1) is 0 Å². The minimum atomic E-state index is 0.315. The van der Waals surface area contributed by atoms with Gasteiger partial charge in [0, 0.05) is 32.0 Å². The van der Waals surface area contributed by atoms with E-state index in [1.165, 1.54) is 24.8 Å². The van der Waals surface area contributed by atoms with E-state index < -0.39 is 0 Å². The van der Waals surface area contributed by atoms with Crippen molar-refractivity contribution in [3.05, 3.63) is 18.0 Å². The molecule has 1 saturated heterocycles. The number of nitrogens with one attached hydrogen (secondary N) is 2. The van der Waals surface area contributed by atoms with Crippen molar-refractivity contribution in [2.45, 2.75) is 37.7 Å². The van der Waals surface area contributed by atoms with Crippen molar-refractivity contribution >= 4 is 5.95 Å². The highest BCUT2D eigenvalue weighted by atomic mass is 16.5. The third-order valence-corrected chi connectivity index (χ3v) is 4.00. The summed E-state index contributed by atoms with van der Waals surface area (Å²) in [5.41, 5.74) is 1.29. The topological polar surface area (TPSA) is 59.1 Å². The Morgan fingerprint density at radius 2 is 2.16 bits per heavy atom. The van der Waals surface area contributed by atoms with Gasteiger partial charge in [0.15, 0.2) is 0 Å². The minimum Gasteiger partial charge on any atom is -0.376 e. The highest BCUT2D eigenvalue weighted by Gasteiger charge is 2.20. The molecular formula is C14H22N4O. The zero-order chi connectivity index (χ0) is 12.9. The molecule has 1 aromatic heterocycles. The van der Waals surface area contributed by atoms with Gasteiger partial charge in [-0.25, -0.2) is 9.97 Å². The molecule has 1 atom stereocenters. The van der Waals surface area contributed by atoms with E-state index in [0.717, 1.165) is 38.6 Å². The number of hydrogen-bond donors (Lipinski definition) is 2. The van der Waals surface area contributed by atoms with E-state index in [0.29, 0.717) is 12.0 Å². The van der Waals surface area contributed by atoms with E-state index in [-0.39, 0.29) is 0 Å². The van der Waals surface area contributed by atoms with Gasteiger partial charge < -0.3 is 15.4 Å². The highest BCUT2D eigenvalue weighted by Crippen LogP contribution is 2.35. The predicted molar refractivity (Wildman–Crippen MR) is 74.3 cm³/mol. The average molecular weight is 262 g/mol. The lowest BCUT2D eigenvalue weighted by Gasteiger charge is -2.25. The summed E-state index contributed by atoms with van der Waals surface area (Å²) in [6, 6.07) is 0. The second-order valence-corrected chi connectivity index (χ2v) is 5.38. The first-order valence-electron chi connectivity index (χ1n) is 7.30. The number of rotatable bonds is 5. The van der Waals surface area contributed by atoms with E-state index in [1.807, 2.05) is 12.4 Å². The molecule has 1 unspecified atom stereocenters. The normalized spacial score (nSPS) is 23.9. The standard InChI is InChI=1S/C14H22N4O/c1-2-11(3-1)12-8-17-14(18-9-12)16-5-4-13-10-15-6-7-19-13/h8-9,11,13,15H,1-7,10H2,(H,16,17,18). The van der Waals surface area contributed by atoms with Crippen molar-refractivity contribution in [3.8, 4) is 0 Å². The van der Waals surface area contributed by atoms with Gasteiger partial charge in [0.25, 0.3) is 0 Å². The monoisotopic (exact) mass is 262 g/mol. The number of ether oxygens (including phenoxy) is 1. The molecule has 0 amide bonds. The Bertz CT molecular complexity index is 385.